The number of amides is 1. The van der Waals surface area contributed by atoms with Gasteiger partial charge in [0.2, 0.25) is 5.91 Å². The molecule has 0 unspecified atom stereocenters. The molecule has 0 saturated heterocycles. The molecule has 168 valence electrons. The molecule has 0 radical (unpaired) electrons. The molecule has 0 aliphatic heterocycles. The second kappa shape index (κ2) is 11.2. The number of carbonyl (C=O) groups excluding carboxylic acids is 1. The molecule has 3 N–H and O–H groups in total. The van der Waals surface area contributed by atoms with Gasteiger partial charge in [0.1, 0.15) is 5.75 Å². The van der Waals surface area contributed by atoms with Gasteiger partial charge in [-0.3, -0.25) is 9.89 Å². The van der Waals surface area contributed by atoms with Crippen molar-refractivity contribution < 1.29 is 19.1 Å². The Morgan fingerprint density at radius 3 is 2.38 bits per heavy atom. The van der Waals surface area contributed by atoms with E-state index in [1.807, 2.05) is 51.1 Å². The van der Waals surface area contributed by atoms with Gasteiger partial charge in [-0.1, -0.05) is 19.1 Å². The third kappa shape index (κ3) is 5.56. The predicted molar refractivity (Wildman–Crippen MR) is 127 cm³/mol. The van der Waals surface area contributed by atoms with E-state index in [1.54, 1.807) is 24.7 Å². The van der Waals surface area contributed by atoms with Crippen molar-refractivity contribution in [1.82, 2.24) is 10.2 Å². The average molecular weight is 436 g/mol. The fraction of sp³-hybridized carbons (Fsp3) is 0.280. The molecule has 4 rings (SSSR count). The van der Waals surface area contributed by atoms with Gasteiger partial charge in [0, 0.05) is 30.6 Å². The summed E-state index contributed by atoms with van der Waals surface area (Å²) in [6.45, 7) is 7.63. The fourth-order valence-electron chi connectivity index (χ4n) is 3.32. The lowest BCUT2D eigenvalue weighted by Crippen LogP contribution is -2.11. The largest absolute Gasteiger partial charge is 0.508 e. The molecule has 7 nitrogen and oxygen atoms in total. The van der Waals surface area contributed by atoms with Crippen LogP contribution in [0.5, 0.6) is 5.75 Å². The first-order valence-electron chi connectivity index (χ1n) is 10.8. The molecule has 0 fully saturated rings. The molecule has 0 aliphatic rings. The van der Waals surface area contributed by atoms with Gasteiger partial charge in [0.25, 0.3) is 0 Å². The quantitative estimate of drug-likeness (QED) is 0.332. The normalized spacial score (nSPS) is 10.6. The minimum absolute atomic E-state index is 0.0571. The highest BCUT2D eigenvalue weighted by Gasteiger charge is 2.15. The van der Waals surface area contributed by atoms with Gasteiger partial charge >= 0.3 is 0 Å². The molecule has 2 aromatic carbocycles. The van der Waals surface area contributed by atoms with Crippen molar-refractivity contribution in [2.45, 2.75) is 33.6 Å². The standard InChI is InChI=1S/C21H19N3O3.C4H10O/c1-2-3-20(26)22-21-18-10-16(14-8-9-27-12-14)17(11-19(18)23-24-21)13-4-6-15(25)7-5-13;1-3-5-4-2/h4-12,25H,2-3H2,1H3,(H2,22,23,24,26);3-4H2,1-2H3. The first-order valence-corrected chi connectivity index (χ1v) is 10.8. The molecule has 0 aliphatic carbocycles. The number of carbonyl (C=O) groups is 1. The Kier molecular flexibility index (Phi) is 8.05. The topological polar surface area (TPSA) is 100 Å². The van der Waals surface area contributed by atoms with Crippen LogP contribution in [0.15, 0.2) is 59.4 Å². The van der Waals surface area contributed by atoms with Gasteiger partial charge in [-0.25, -0.2) is 0 Å². The van der Waals surface area contributed by atoms with Crippen molar-refractivity contribution >= 4 is 22.6 Å². The number of rotatable bonds is 7. The SMILES string of the molecule is CCCC(=O)Nc1n[nH]c2cc(-c3ccc(O)cc3)c(-c3ccoc3)cc12.CCOCC. The average Bonchev–Trinajstić information content (AvgIpc) is 3.45. The summed E-state index contributed by atoms with van der Waals surface area (Å²) in [6.07, 6.45) is 4.54. The zero-order valence-corrected chi connectivity index (χ0v) is 18.6. The number of benzene rings is 2. The summed E-state index contributed by atoms with van der Waals surface area (Å²) in [5.74, 6) is 0.677. The van der Waals surface area contributed by atoms with Crippen LogP contribution in [-0.2, 0) is 9.53 Å². The maximum absolute atomic E-state index is 12.0. The van der Waals surface area contributed by atoms with Crippen molar-refractivity contribution in [3.05, 3.63) is 55.0 Å². The van der Waals surface area contributed by atoms with Gasteiger partial charge in [-0.15, -0.1) is 0 Å². The van der Waals surface area contributed by atoms with Crippen molar-refractivity contribution in [2.75, 3.05) is 18.5 Å². The van der Waals surface area contributed by atoms with E-state index in [4.69, 9.17) is 9.15 Å². The van der Waals surface area contributed by atoms with E-state index in [1.165, 1.54) is 0 Å². The second-order valence-corrected chi connectivity index (χ2v) is 7.15. The highest BCUT2D eigenvalue weighted by atomic mass is 16.5. The lowest BCUT2D eigenvalue weighted by molar-refractivity contribution is -0.116. The Balaban J connectivity index is 0.000000523. The summed E-state index contributed by atoms with van der Waals surface area (Å²) in [6, 6.07) is 12.9. The van der Waals surface area contributed by atoms with Gasteiger partial charge < -0.3 is 19.6 Å². The number of nitrogens with zero attached hydrogens (tertiary/aromatic N) is 1. The number of phenols is 1. The van der Waals surface area contributed by atoms with Gasteiger partial charge in [-0.05, 0) is 67.3 Å². The Morgan fingerprint density at radius 1 is 1.06 bits per heavy atom. The van der Waals surface area contributed by atoms with Crippen molar-refractivity contribution in [3.63, 3.8) is 0 Å². The van der Waals surface area contributed by atoms with Crippen LogP contribution in [0.3, 0.4) is 0 Å². The van der Waals surface area contributed by atoms with E-state index < -0.39 is 0 Å². The molecule has 7 heteroatoms. The Morgan fingerprint density at radius 2 is 1.78 bits per heavy atom. The number of nitrogens with one attached hydrogen (secondary N) is 2. The summed E-state index contributed by atoms with van der Waals surface area (Å²) >= 11 is 0. The molecule has 0 bridgehead atoms. The number of aromatic nitrogens is 2. The van der Waals surface area contributed by atoms with E-state index in [0.717, 1.165) is 52.8 Å². The van der Waals surface area contributed by atoms with E-state index in [2.05, 4.69) is 15.5 Å². The highest BCUT2D eigenvalue weighted by Crippen LogP contribution is 2.37. The zero-order valence-electron chi connectivity index (χ0n) is 18.6. The van der Waals surface area contributed by atoms with E-state index in [9.17, 15) is 9.90 Å². The number of furan rings is 1. The van der Waals surface area contributed by atoms with Crippen molar-refractivity contribution in [1.29, 1.82) is 0 Å². The molecular formula is C25H29N3O4. The van der Waals surface area contributed by atoms with E-state index in [-0.39, 0.29) is 11.7 Å². The number of ether oxygens (including phenoxy) is 1. The smallest absolute Gasteiger partial charge is 0.225 e. The minimum atomic E-state index is -0.0571. The zero-order chi connectivity index (χ0) is 22.9. The third-order valence-corrected chi connectivity index (χ3v) is 4.85. The van der Waals surface area contributed by atoms with Crippen LogP contribution in [0.2, 0.25) is 0 Å². The summed E-state index contributed by atoms with van der Waals surface area (Å²) in [5, 5.41) is 20.5. The molecule has 2 aromatic heterocycles. The molecule has 0 atom stereocenters. The number of anilines is 1. The highest BCUT2D eigenvalue weighted by molar-refractivity contribution is 6.03. The number of hydrogen-bond acceptors (Lipinski definition) is 5. The summed E-state index contributed by atoms with van der Waals surface area (Å²) in [5.41, 5.74) is 4.62. The van der Waals surface area contributed by atoms with E-state index in [0.29, 0.717) is 12.2 Å². The molecule has 2 heterocycles. The van der Waals surface area contributed by atoms with Gasteiger partial charge in [-0.2, -0.15) is 5.10 Å². The Hall–Kier alpha value is -3.58. The summed E-state index contributed by atoms with van der Waals surface area (Å²) < 4.78 is 10.1. The lowest BCUT2D eigenvalue weighted by atomic mass is 9.94. The predicted octanol–water partition coefficient (Wildman–Crippen LogP) is 5.98. The van der Waals surface area contributed by atoms with Crippen LogP contribution in [0.1, 0.15) is 33.6 Å². The first-order chi connectivity index (χ1) is 15.6. The number of hydrogen-bond donors (Lipinski definition) is 3. The molecular weight excluding hydrogens is 406 g/mol. The first kappa shape index (κ1) is 23.1. The lowest BCUT2D eigenvalue weighted by Gasteiger charge is -2.10. The minimum Gasteiger partial charge on any atom is -0.508 e. The number of fused-ring (bicyclic) bond motifs is 1. The number of aromatic hydroxyl groups is 1. The van der Waals surface area contributed by atoms with Crippen molar-refractivity contribution in [2.24, 2.45) is 0 Å². The molecule has 0 saturated carbocycles. The van der Waals surface area contributed by atoms with Crippen LogP contribution in [0.4, 0.5) is 5.82 Å². The maximum atomic E-state index is 12.0. The van der Waals surface area contributed by atoms with Crippen LogP contribution >= 0.6 is 0 Å². The van der Waals surface area contributed by atoms with Crippen molar-refractivity contribution in [3.8, 4) is 28.0 Å². The van der Waals surface area contributed by atoms with Crippen LogP contribution in [0, 0.1) is 0 Å². The van der Waals surface area contributed by atoms with Crippen LogP contribution in [-0.4, -0.2) is 34.4 Å². The molecule has 1 amide bonds. The summed E-state index contributed by atoms with van der Waals surface area (Å²) in [7, 11) is 0. The monoisotopic (exact) mass is 435 g/mol. The molecule has 0 spiro atoms. The second-order valence-electron chi connectivity index (χ2n) is 7.15. The third-order valence-electron chi connectivity index (χ3n) is 4.85. The number of phenolic OH excluding ortho intramolecular Hbond substituents is 1. The molecule has 4 aromatic rings. The van der Waals surface area contributed by atoms with E-state index >= 15 is 0 Å². The number of H-pyrrole nitrogens is 1. The Bertz CT molecular complexity index is 1130. The van der Waals surface area contributed by atoms with Gasteiger partial charge in [0.15, 0.2) is 5.82 Å². The van der Waals surface area contributed by atoms with Crippen LogP contribution < -0.4 is 5.32 Å². The Labute approximate surface area is 187 Å². The van der Waals surface area contributed by atoms with Gasteiger partial charge in [0.05, 0.1) is 18.0 Å². The maximum Gasteiger partial charge on any atom is 0.225 e. The van der Waals surface area contributed by atoms with Crippen LogP contribution in [0.25, 0.3) is 33.2 Å². The summed E-state index contributed by atoms with van der Waals surface area (Å²) in [4.78, 5) is 12.0. The molecule has 32 heavy (non-hydrogen) atoms. The fourth-order valence-corrected chi connectivity index (χ4v) is 3.32. The number of aromatic amines is 1.